The van der Waals surface area contributed by atoms with Crippen molar-refractivity contribution >= 4 is 0 Å². The topological polar surface area (TPSA) is 29.9 Å². The lowest BCUT2D eigenvalue weighted by Crippen LogP contribution is -2.40. The van der Waals surface area contributed by atoms with Crippen LogP contribution in [0.25, 0.3) is 0 Å². The Morgan fingerprint density at radius 2 is 2.32 bits per heavy atom. The summed E-state index contributed by atoms with van der Waals surface area (Å²) in [7, 11) is 2.00. The number of aryl methyl sites for hydroxylation is 1. The highest BCUT2D eigenvalue weighted by molar-refractivity contribution is 5.02. The average molecular weight is 263 g/mol. The van der Waals surface area contributed by atoms with Gasteiger partial charge in [-0.05, 0) is 43.7 Å². The van der Waals surface area contributed by atoms with E-state index in [1.54, 1.807) is 0 Å². The van der Waals surface area contributed by atoms with Crippen LogP contribution < -0.4 is 5.32 Å². The van der Waals surface area contributed by atoms with E-state index in [0.717, 1.165) is 24.8 Å². The van der Waals surface area contributed by atoms with Gasteiger partial charge in [-0.25, -0.2) is 0 Å². The summed E-state index contributed by atoms with van der Waals surface area (Å²) in [5.74, 6) is 1.73. The SMILES string of the molecule is CCCNC(Cc1ccn(C)n1)C1CCCC(C)C1. The lowest BCUT2D eigenvalue weighted by molar-refractivity contribution is 0.220. The maximum Gasteiger partial charge on any atom is 0.0640 e. The van der Waals surface area contributed by atoms with Gasteiger partial charge < -0.3 is 5.32 Å². The fourth-order valence-corrected chi connectivity index (χ4v) is 3.38. The van der Waals surface area contributed by atoms with Crippen LogP contribution in [0, 0.1) is 11.8 Å². The molecule has 108 valence electrons. The molecule has 1 aromatic heterocycles. The predicted octanol–water partition coefficient (Wildman–Crippen LogP) is 3.16. The van der Waals surface area contributed by atoms with Gasteiger partial charge in [0.1, 0.15) is 0 Å². The van der Waals surface area contributed by atoms with E-state index in [2.05, 4.69) is 36.5 Å². The third kappa shape index (κ3) is 4.34. The first-order chi connectivity index (χ1) is 9.19. The van der Waals surface area contributed by atoms with Crippen LogP contribution in [-0.2, 0) is 13.5 Å². The fourth-order valence-electron chi connectivity index (χ4n) is 3.38. The zero-order valence-corrected chi connectivity index (χ0v) is 12.7. The number of aromatic nitrogens is 2. The number of hydrogen-bond donors (Lipinski definition) is 1. The van der Waals surface area contributed by atoms with E-state index in [-0.39, 0.29) is 0 Å². The largest absolute Gasteiger partial charge is 0.313 e. The van der Waals surface area contributed by atoms with E-state index in [4.69, 9.17) is 0 Å². The predicted molar refractivity (Wildman–Crippen MR) is 80.1 cm³/mol. The molecular weight excluding hydrogens is 234 g/mol. The zero-order valence-electron chi connectivity index (χ0n) is 12.7. The van der Waals surface area contributed by atoms with Crippen LogP contribution in [-0.4, -0.2) is 22.4 Å². The van der Waals surface area contributed by atoms with Crippen molar-refractivity contribution in [3.63, 3.8) is 0 Å². The van der Waals surface area contributed by atoms with Crippen molar-refractivity contribution in [3.05, 3.63) is 18.0 Å². The lowest BCUT2D eigenvalue weighted by Gasteiger charge is -2.33. The van der Waals surface area contributed by atoms with Gasteiger partial charge in [-0.2, -0.15) is 5.10 Å². The van der Waals surface area contributed by atoms with Crippen LogP contribution >= 0.6 is 0 Å². The minimum atomic E-state index is 0.609. The molecule has 0 amide bonds. The second-order valence-electron chi connectivity index (χ2n) is 6.28. The normalized spacial score (nSPS) is 25.4. The monoisotopic (exact) mass is 263 g/mol. The summed E-state index contributed by atoms with van der Waals surface area (Å²) in [6.07, 6.45) is 9.93. The molecule has 3 unspecified atom stereocenters. The number of rotatable bonds is 6. The van der Waals surface area contributed by atoms with Crippen LogP contribution in [0.15, 0.2) is 12.3 Å². The highest BCUT2D eigenvalue weighted by Gasteiger charge is 2.26. The molecule has 3 heteroatoms. The molecule has 0 spiro atoms. The molecule has 1 heterocycles. The standard InChI is InChI=1S/C16H29N3/c1-4-9-17-16(12-15-8-10-19(3)18-15)14-7-5-6-13(2)11-14/h8,10,13-14,16-17H,4-7,9,11-12H2,1-3H3. The Kier molecular flexibility index (Phi) is 5.44. The maximum atomic E-state index is 4.55. The van der Waals surface area contributed by atoms with Crippen molar-refractivity contribution < 1.29 is 0 Å². The Morgan fingerprint density at radius 3 is 2.95 bits per heavy atom. The van der Waals surface area contributed by atoms with Crippen molar-refractivity contribution in [3.8, 4) is 0 Å². The summed E-state index contributed by atoms with van der Waals surface area (Å²) < 4.78 is 1.91. The van der Waals surface area contributed by atoms with Gasteiger partial charge >= 0.3 is 0 Å². The molecule has 3 atom stereocenters. The van der Waals surface area contributed by atoms with E-state index in [1.807, 2.05) is 11.7 Å². The molecule has 0 aliphatic heterocycles. The minimum absolute atomic E-state index is 0.609. The fraction of sp³-hybridized carbons (Fsp3) is 0.812. The van der Waals surface area contributed by atoms with Crippen molar-refractivity contribution in [2.45, 2.75) is 58.4 Å². The average Bonchev–Trinajstić information content (AvgIpc) is 2.80. The molecular formula is C16H29N3. The lowest BCUT2D eigenvalue weighted by atomic mass is 9.77. The molecule has 0 aromatic carbocycles. The number of nitrogens with zero attached hydrogens (tertiary/aromatic N) is 2. The minimum Gasteiger partial charge on any atom is -0.313 e. The van der Waals surface area contributed by atoms with E-state index in [9.17, 15) is 0 Å². The van der Waals surface area contributed by atoms with Crippen LogP contribution in [0.5, 0.6) is 0 Å². The molecule has 1 fully saturated rings. The van der Waals surface area contributed by atoms with Gasteiger partial charge in [0.05, 0.1) is 5.69 Å². The summed E-state index contributed by atoms with van der Waals surface area (Å²) in [6.45, 7) is 5.78. The Balaban J connectivity index is 1.97. The molecule has 1 aromatic rings. The van der Waals surface area contributed by atoms with E-state index >= 15 is 0 Å². The van der Waals surface area contributed by atoms with Crippen molar-refractivity contribution in [1.82, 2.24) is 15.1 Å². The van der Waals surface area contributed by atoms with Gasteiger partial charge in [-0.1, -0.05) is 26.7 Å². The second kappa shape index (κ2) is 7.09. The second-order valence-corrected chi connectivity index (χ2v) is 6.28. The molecule has 1 N–H and O–H groups in total. The van der Waals surface area contributed by atoms with Crippen molar-refractivity contribution in [2.24, 2.45) is 18.9 Å². The molecule has 1 aliphatic rings. The first-order valence-electron chi connectivity index (χ1n) is 7.91. The molecule has 0 saturated heterocycles. The first-order valence-corrected chi connectivity index (χ1v) is 7.91. The molecule has 1 saturated carbocycles. The summed E-state index contributed by atoms with van der Waals surface area (Å²) >= 11 is 0. The number of nitrogens with one attached hydrogen (secondary N) is 1. The molecule has 19 heavy (non-hydrogen) atoms. The van der Waals surface area contributed by atoms with Crippen LogP contribution in [0.4, 0.5) is 0 Å². The summed E-state index contributed by atoms with van der Waals surface area (Å²) in [6, 6.07) is 2.77. The summed E-state index contributed by atoms with van der Waals surface area (Å²) in [5.41, 5.74) is 1.23. The Hall–Kier alpha value is -0.830. The Morgan fingerprint density at radius 1 is 1.47 bits per heavy atom. The van der Waals surface area contributed by atoms with E-state index in [1.165, 1.54) is 37.8 Å². The molecule has 2 rings (SSSR count). The van der Waals surface area contributed by atoms with Gasteiger partial charge in [0.2, 0.25) is 0 Å². The van der Waals surface area contributed by atoms with Gasteiger partial charge in [0, 0.05) is 25.7 Å². The smallest absolute Gasteiger partial charge is 0.0640 e. The van der Waals surface area contributed by atoms with Crippen molar-refractivity contribution in [2.75, 3.05) is 6.54 Å². The molecule has 0 radical (unpaired) electrons. The van der Waals surface area contributed by atoms with E-state index < -0.39 is 0 Å². The highest BCUT2D eigenvalue weighted by Crippen LogP contribution is 2.31. The quantitative estimate of drug-likeness (QED) is 0.854. The Labute approximate surface area is 117 Å². The highest BCUT2D eigenvalue weighted by atomic mass is 15.2. The third-order valence-corrected chi connectivity index (χ3v) is 4.40. The molecule has 1 aliphatic carbocycles. The summed E-state index contributed by atoms with van der Waals surface area (Å²) in [4.78, 5) is 0. The van der Waals surface area contributed by atoms with Gasteiger partial charge in [0.15, 0.2) is 0 Å². The van der Waals surface area contributed by atoms with E-state index in [0.29, 0.717) is 6.04 Å². The van der Waals surface area contributed by atoms with Gasteiger partial charge in [-0.15, -0.1) is 0 Å². The van der Waals surface area contributed by atoms with Gasteiger partial charge in [0.25, 0.3) is 0 Å². The number of hydrogen-bond acceptors (Lipinski definition) is 2. The molecule has 0 bridgehead atoms. The van der Waals surface area contributed by atoms with Crippen LogP contribution in [0.2, 0.25) is 0 Å². The Bertz CT molecular complexity index is 372. The van der Waals surface area contributed by atoms with Gasteiger partial charge in [-0.3, -0.25) is 4.68 Å². The summed E-state index contributed by atoms with van der Waals surface area (Å²) in [5, 5.41) is 8.32. The third-order valence-electron chi connectivity index (χ3n) is 4.40. The van der Waals surface area contributed by atoms with Crippen LogP contribution in [0.3, 0.4) is 0 Å². The maximum absolute atomic E-state index is 4.55. The van der Waals surface area contributed by atoms with Crippen molar-refractivity contribution in [1.29, 1.82) is 0 Å². The first kappa shape index (κ1) is 14.6. The zero-order chi connectivity index (χ0) is 13.7. The van der Waals surface area contributed by atoms with Crippen LogP contribution in [0.1, 0.15) is 51.6 Å². The molecule has 3 nitrogen and oxygen atoms in total.